The van der Waals surface area contributed by atoms with Crippen molar-refractivity contribution in [3.8, 4) is 22.9 Å². The van der Waals surface area contributed by atoms with Crippen molar-refractivity contribution in [2.75, 3.05) is 33.3 Å². The van der Waals surface area contributed by atoms with E-state index in [-0.39, 0.29) is 12.0 Å². The Kier molecular flexibility index (Phi) is 5.49. The molecule has 182 valence electrons. The summed E-state index contributed by atoms with van der Waals surface area (Å²) in [6, 6.07) is 4.37. The first kappa shape index (κ1) is 22.1. The third-order valence-corrected chi connectivity index (χ3v) is 8.37. The second-order valence-electron chi connectivity index (χ2n) is 10.4. The number of hydrogen-bond acceptors (Lipinski definition) is 6. The van der Waals surface area contributed by atoms with Crippen molar-refractivity contribution >= 4 is 11.4 Å². The number of pyridine rings is 1. The molecule has 1 amide bonds. The average molecular weight is 474 g/mol. The van der Waals surface area contributed by atoms with Crippen LogP contribution in [0.2, 0.25) is 0 Å². The molecule has 3 aromatic heterocycles. The second-order valence-corrected chi connectivity index (χ2v) is 10.4. The number of nitriles is 1. The van der Waals surface area contributed by atoms with Crippen LogP contribution in [0.3, 0.4) is 0 Å². The number of methoxy groups -OCH3 is 1. The zero-order chi connectivity index (χ0) is 24.0. The number of rotatable bonds is 4. The molecule has 0 atom stereocenters. The van der Waals surface area contributed by atoms with Gasteiger partial charge in [-0.3, -0.25) is 9.48 Å². The van der Waals surface area contributed by atoms with Gasteiger partial charge in [0, 0.05) is 42.5 Å². The number of carbonyl (C=O) groups is 1. The van der Waals surface area contributed by atoms with Crippen LogP contribution in [0.1, 0.15) is 50.1 Å². The first-order chi connectivity index (χ1) is 17.1. The number of piperidine rings is 2. The predicted octanol–water partition coefficient (Wildman–Crippen LogP) is 3.02. The van der Waals surface area contributed by atoms with Crippen molar-refractivity contribution in [2.45, 2.75) is 44.6 Å². The quantitative estimate of drug-likeness (QED) is 0.625. The van der Waals surface area contributed by atoms with E-state index in [0.29, 0.717) is 28.2 Å². The predicted molar refractivity (Wildman–Crippen MR) is 130 cm³/mol. The molecule has 6 rings (SSSR count). The maximum Gasteiger partial charge on any atom is 0.225 e. The van der Waals surface area contributed by atoms with Crippen LogP contribution >= 0.6 is 0 Å². The van der Waals surface area contributed by atoms with Gasteiger partial charge in [0.1, 0.15) is 22.9 Å². The SMILES string of the molecule is COc1cc(-c2cnn(C3CCN(C(=O)C4CC5(CCNCC5)C4)CC3)c2)cn2ncc(C#N)c12. The molecule has 0 unspecified atom stereocenters. The lowest BCUT2D eigenvalue weighted by Gasteiger charge is -2.51. The smallest absolute Gasteiger partial charge is 0.225 e. The molecule has 1 N–H and O–H groups in total. The first-order valence-corrected chi connectivity index (χ1v) is 12.6. The van der Waals surface area contributed by atoms with Gasteiger partial charge >= 0.3 is 0 Å². The fraction of sp³-hybridized carbons (Fsp3) is 0.538. The molecule has 1 aliphatic carbocycles. The van der Waals surface area contributed by atoms with Crippen LogP contribution in [0.5, 0.6) is 5.75 Å². The monoisotopic (exact) mass is 473 g/mol. The van der Waals surface area contributed by atoms with Crippen LogP contribution in [0, 0.1) is 22.7 Å². The number of aromatic nitrogens is 4. The Morgan fingerprint density at radius 3 is 2.63 bits per heavy atom. The molecule has 0 radical (unpaired) electrons. The van der Waals surface area contributed by atoms with Gasteiger partial charge in [0.25, 0.3) is 0 Å². The van der Waals surface area contributed by atoms with Gasteiger partial charge in [0.15, 0.2) is 0 Å². The minimum Gasteiger partial charge on any atom is -0.494 e. The molecule has 3 fully saturated rings. The molecule has 9 heteroatoms. The highest BCUT2D eigenvalue weighted by molar-refractivity contribution is 5.80. The van der Waals surface area contributed by atoms with E-state index < -0.39 is 0 Å². The first-order valence-electron chi connectivity index (χ1n) is 12.6. The summed E-state index contributed by atoms with van der Waals surface area (Å²) >= 11 is 0. The van der Waals surface area contributed by atoms with Crippen molar-refractivity contribution in [3.05, 3.63) is 36.4 Å². The van der Waals surface area contributed by atoms with E-state index in [2.05, 4.69) is 32.7 Å². The molecule has 35 heavy (non-hydrogen) atoms. The Hall–Kier alpha value is -3.38. The van der Waals surface area contributed by atoms with Gasteiger partial charge in [-0.1, -0.05) is 0 Å². The Bertz CT molecular complexity index is 1280. The van der Waals surface area contributed by atoms with E-state index in [9.17, 15) is 10.1 Å². The molecule has 2 aliphatic heterocycles. The zero-order valence-corrected chi connectivity index (χ0v) is 20.1. The van der Waals surface area contributed by atoms with Crippen molar-refractivity contribution < 1.29 is 9.53 Å². The fourth-order valence-electron chi connectivity index (χ4n) is 6.30. The number of ether oxygens (including phenoxy) is 1. The molecule has 3 aliphatic rings. The van der Waals surface area contributed by atoms with E-state index in [4.69, 9.17) is 4.74 Å². The summed E-state index contributed by atoms with van der Waals surface area (Å²) in [5, 5.41) is 21.7. The molecule has 2 saturated heterocycles. The highest BCUT2D eigenvalue weighted by Crippen LogP contribution is 2.52. The topological polar surface area (TPSA) is 100 Å². The number of likely N-dealkylation sites (tertiary alicyclic amines) is 1. The molecular weight excluding hydrogens is 442 g/mol. The third kappa shape index (κ3) is 3.86. The Balaban J connectivity index is 1.10. The molecule has 1 saturated carbocycles. The van der Waals surface area contributed by atoms with Crippen molar-refractivity contribution in [2.24, 2.45) is 11.3 Å². The van der Waals surface area contributed by atoms with Gasteiger partial charge in [0.2, 0.25) is 5.91 Å². The number of nitrogens with zero attached hydrogens (tertiary/aromatic N) is 6. The number of carbonyl (C=O) groups excluding carboxylic acids is 1. The Labute approximate surface area is 204 Å². The second kappa shape index (κ2) is 8.68. The number of amides is 1. The minimum atomic E-state index is 0.231. The van der Waals surface area contributed by atoms with Crippen molar-refractivity contribution in [1.82, 2.24) is 29.6 Å². The summed E-state index contributed by atoms with van der Waals surface area (Å²) in [5.74, 6) is 1.21. The summed E-state index contributed by atoms with van der Waals surface area (Å²) in [5.41, 5.74) is 3.49. The van der Waals surface area contributed by atoms with Crippen molar-refractivity contribution in [3.63, 3.8) is 0 Å². The van der Waals surface area contributed by atoms with Gasteiger partial charge in [-0.05, 0) is 63.1 Å². The van der Waals surface area contributed by atoms with Crippen LogP contribution < -0.4 is 10.1 Å². The van der Waals surface area contributed by atoms with E-state index in [1.54, 1.807) is 17.8 Å². The number of fused-ring (bicyclic) bond motifs is 1. The standard InChI is InChI=1S/C26H31N7O2/c1-35-23-10-18(16-33-24(23)20(13-27)14-30-33)21-15-29-32(17-21)22-2-8-31(9-3-22)25(34)19-11-26(12-19)4-6-28-7-5-26/h10,14-17,19,22,28H,2-9,11-12H2,1H3. The summed E-state index contributed by atoms with van der Waals surface area (Å²) in [7, 11) is 1.60. The number of nitrogens with one attached hydrogen (secondary N) is 1. The molecule has 0 bridgehead atoms. The van der Waals surface area contributed by atoms with Crippen LogP contribution in [0.25, 0.3) is 16.6 Å². The van der Waals surface area contributed by atoms with Crippen LogP contribution in [-0.2, 0) is 4.79 Å². The number of hydrogen-bond donors (Lipinski definition) is 1. The van der Waals surface area contributed by atoms with Crippen LogP contribution in [-0.4, -0.2) is 63.5 Å². The van der Waals surface area contributed by atoms with E-state index in [1.165, 1.54) is 12.8 Å². The Morgan fingerprint density at radius 1 is 1.14 bits per heavy atom. The van der Waals surface area contributed by atoms with Gasteiger partial charge in [-0.15, -0.1) is 0 Å². The largest absolute Gasteiger partial charge is 0.494 e. The van der Waals surface area contributed by atoms with Crippen molar-refractivity contribution in [1.29, 1.82) is 5.26 Å². The lowest BCUT2D eigenvalue weighted by Crippen LogP contribution is -2.52. The molecule has 5 heterocycles. The molecule has 3 aromatic rings. The Morgan fingerprint density at radius 2 is 1.91 bits per heavy atom. The zero-order valence-electron chi connectivity index (χ0n) is 20.1. The maximum atomic E-state index is 13.1. The third-order valence-electron chi connectivity index (χ3n) is 8.37. The molecular formula is C26H31N7O2. The van der Waals surface area contributed by atoms with Crippen LogP contribution in [0.15, 0.2) is 30.9 Å². The van der Waals surface area contributed by atoms with Gasteiger partial charge in [0.05, 0.1) is 25.5 Å². The highest BCUT2D eigenvalue weighted by Gasteiger charge is 2.48. The van der Waals surface area contributed by atoms with Gasteiger partial charge in [-0.2, -0.15) is 15.5 Å². The van der Waals surface area contributed by atoms with Crippen LogP contribution in [0.4, 0.5) is 0 Å². The summed E-state index contributed by atoms with van der Waals surface area (Å²) in [6.45, 7) is 3.80. The fourth-order valence-corrected chi connectivity index (χ4v) is 6.30. The van der Waals surface area contributed by atoms with Gasteiger partial charge < -0.3 is 15.0 Å². The summed E-state index contributed by atoms with van der Waals surface area (Å²) in [6.07, 6.45) is 13.8. The molecule has 9 nitrogen and oxygen atoms in total. The average Bonchev–Trinajstić information content (AvgIpc) is 3.54. The maximum absolute atomic E-state index is 13.1. The van der Waals surface area contributed by atoms with E-state index in [0.717, 1.165) is 63.0 Å². The molecule has 1 spiro atoms. The normalized spacial score (nSPS) is 20.6. The molecule has 0 aromatic carbocycles. The lowest BCUT2D eigenvalue weighted by molar-refractivity contribution is -0.146. The van der Waals surface area contributed by atoms with Gasteiger partial charge in [-0.25, -0.2) is 4.52 Å². The minimum absolute atomic E-state index is 0.231. The highest BCUT2D eigenvalue weighted by atomic mass is 16.5. The summed E-state index contributed by atoms with van der Waals surface area (Å²) in [4.78, 5) is 15.2. The lowest BCUT2D eigenvalue weighted by atomic mass is 9.57. The van der Waals surface area contributed by atoms with E-state index in [1.807, 2.05) is 23.1 Å². The summed E-state index contributed by atoms with van der Waals surface area (Å²) < 4.78 is 9.25. The van der Waals surface area contributed by atoms with E-state index >= 15 is 0 Å².